The van der Waals surface area contributed by atoms with E-state index in [1.54, 1.807) is 24.3 Å². The van der Waals surface area contributed by atoms with Crippen molar-refractivity contribution in [3.8, 4) is 5.75 Å². The molecule has 1 heterocycles. The Hall–Kier alpha value is -2.46. The van der Waals surface area contributed by atoms with E-state index in [1.807, 2.05) is 0 Å². The Bertz CT molecular complexity index is 822. The highest BCUT2D eigenvalue weighted by Crippen LogP contribution is 2.27. The summed E-state index contributed by atoms with van der Waals surface area (Å²) in [5, 5.41) is 11.6. The summed E-state index contributed by atoms with van der Waals surface area (Å²) in [6, 6.07) is 6.91. The Kier molecular flexibility index (Phi) is 6.53. The lowest BCUT2D eigenvalue weighted by molar-refractivity contribution is -0.303. The number of aliphatic hydroxyl groups is 1. The minimum Gasteiger partial charge on any atom is -0.491 e. The van der Waals surface area contributed by atoms with Gasteiger partial charge in [-0.1, -0.05) is 30.0 Å². The molecule has 2 amide bonds. The molecule has 1 aliphatic heterocycles. The number of carbonyl (C=O) groups excluding carboxylic acids is 2. The fourth-order valence-corrected chi connectivity index (χ4v) is 3.74. The SMILES string of the molecule is O=C1NC(=O)C(Cc2ccc(OC[C@H](O)C3C=CC(OC(F)(F)F)=CC3)cc2)S1. The molecule has 10 heteroatoms. The van der Waals surface area contributed by atoms with Crippen molar-refractivity contribution in [3.63, 3.8) is 0 Å². The number of carbonyl (C=O) groups is 2. The molecule has 1 fully saturated rings. The Morgan fingerprint density at radius 1 is 1.24 bits per heavy atom. The number of rotatable bonds is 7. The highest BCUT2D eigenvalue weighted by atomic mass is 32.2. The average molecular weight is 429 g/mol. The molecule has 156 valence electrons. The predicted molar refractivity (Wildman–Crippen MR) is 99.0 cm³/mol. The topological polar surface area (TPSA) is 84.9 Å². The smallest absolute Gasteiger partial charge is 0.491 e. The van der Waals surface area contributed by atoms with Gasteiger partial charge in [-0.25, -0.2) is 0 Å². The van der Waals surface area contributed by atoms with E-state index in [0.717, 1.165) is 17.3 Å². The molecule has 0 radical (unpaired) electrons. The summed E-state index contributed by atoms with van der Waals surface area (Å²) in [6.45, 7) is -0.0347. The van der Waals surface area contributed by atoms with E-state index in [0.29, 0.717) is 12.2 Å². The Morgan fingerprint density at radius 2 is 1.97 bits per heavy atom. The van der Waals surface area contributed by atoms with Crippen LogP contribution in [0.3, 0.4) is 0 Å². The summed E-state index contributed by atoms with van der Waals surface area (Å²) >= 11 is 0.959. The van der Waals surface area contributed by atoms with Crippen LogP contribution in [-0.4, -0.2) is 40.6 Å². The Labute approximate surface area is 168 Å². The molecule has 0 spiro atoms. The molecular formula is C19H18F3NO5S. The monoisotopic (exact) mass is 429 g/mol. The van der Waals surface area contributed by atoms with Gasteiger partial charge < -0.3 is 14.6 Å². The number of allylic oxidation sites excluding steroid dienone is 2. The van der Waals surface area contributed by atoms with Crippen molar-refractivity contribution in [1.29, 1.82) is 0 Å². The lowest BCUT2D eigenvalue weighted by Gasteiger charge is -2.22. The zero-order valence-electron chi connectivity index (χ0n) is 15.0. The van der Waals surface area contributed by atoms with Crippen molar-refractivity contribution in [3.05, 3.63) is 53.8 Å². The number of benzene rings is 1. The number of hydrogen-bond donors (Lipinski definition) is 2. The highest BCUT2D eigenvalue weighted by molar-refractivity contribution is 8.15. The molecule has 0 bridgehead atoms. The van der Waals surface area contributed by atoms with Crippen LogP contribution in [0.4, 0.5) is 18.0 Å². The minimum absolute atomic E-state index is 0.0347. The van der Waals surface area contributed by atoms with E-state index >= 15 is 0 Å². The second kappa shape index (κ2) is 8.91. The maximum atomic E-state index is 12.2. The van der Waals surface area contributed by atoms with Gasteiger partial charge in [-0.3, -0.25) is 14.9 Å². The number of halogens is 3. The maximum absolute atomic E-state index is 12.2. The third-order valence-electron chi connectivity index (χ3n) is 4.36. The van der Waals surface area contributed by atoms with Crippen LogP contribution in [0.1, 0.15) is 12.0 Å². The van der Waals surface area contributed by atoms with Crippen molar-refractivity contribution in [2.45, 2.75) is 30.6 Å². The molecule has 1 aliphatic carbocycles. The minimum atomic E-state index is -4.74. The number of imide groups is 1. The van der Waals surface area contributed by atoms with Gasteiger partial charge in [-0.05, 0) is 42.7 Å². The van der Waals surface area contributed by atoms with Gasteiger partial charge in [0.1, 0.15) is 18.1 Å². The van der Waals surface area contributed by atoms with Crippen molar-refractivity contribution in [2.24, 2.45) is 5.92 Å². The van der Waals surface area contributed by atoms with Gasteiger partial charge in [0.05, 0.1) is 11.4 Å². The number of thioether (sulfide) groups is 1. The van der Waals surface area contributed by atoms with Gasteiger partial charge >= 0.3 is 6.36 Å². The van der Waals surface area contributed by atoms with Crippen molar-refractivity contribution < 1.29 is 37.3 Å². The third-order valence-corrected chi connectivity index (χ3v) is 5.34. The molecule has 1 aromatic rings. The fraction of sp³-hybridized carbons (Fsp3) is 0.368. The number of hydrogen-bond acceptors (Lipinski definition) is 6. The molecule has 0 saturated carbocycles. The molecule has 2 aliphatic rings. The zero-order chi connectivity index (χ0) is 21.0. The predicted octanol–water partition coefficient (Wildman–Crippen LogP) is 3.32. The fourth-order valence-electron chi connectivity index (χ4n) is 2.88. The summed E-state index contributed by atoms with van der Waals surface area (Å²) in [6.07, 6.45) is -1.12. The Morgan fingerprint density at radius 3 is 2.52 bits per heavy atom. The third kappa shape index (κ3) is 6.26. The van der Waals surface area contributed by atoms with E-state index in [9.17, 15) is 27.9 Å². The van der Waals surface area contributed by atoms with Crippen molar-refractivity contribution in [2.75, 3.05) is 6.61 Å². The number of amides is 2. The first kappa shape index (κ1) is 21.3. The summed E-state index contributed by atoms with van der Waals surface area (Å²) in [5.41, 5.74) is 0.859. The summed E-state index contributed by atoms with van der Waals surface area (Å²) in [7, 11) is 0. The maximum Gasteiger partial charge on any atom is 0.573 e. The first-order chi connectivity index (χ1) is 13.7. The Balaban J connectivity index is 1.45. The molecule has 2 unspecified atom stereocenters. The molecule has 3 rings (SSSR count). The summed E-state index contributed by atoms with van der Waals surface area (Å²) in [4.78, 5) is 22.8. The second-order valence-corrected chi connectivity index (χ2v) is 7.70. The van der Waals surface area contributed by atoms with E-state index in [1.165, 1.54) is 18.2 Å². The van der Waals surface area contributed by atoms with Crippen LogP contribution in [0.2, 0.25) is 0 Å². The quantitative estimate of drug-likeness (QED) is 0.692. The molecule has 1 aromatic carbocycles. The van der Waals surface area contributed by atoms with Gasteiger partial charge in [0.2, 0.25) is 5.91 Å². The normalized spacial score (nSPS) is 22.8. The first-order valence-electron chi connectivity index (χ1n) is 8.75. The average Bonchev–Trinajstić information content (AvgIpc) is 2.97. The number of nitrogens with one attached hydrogen (secondary N) is 1. The van der Waals surface area contributed by atoms with Crippen LogP contribution in [0.5, 0.6) is 5.75 Å². The molecule has 2 N–H and O–H groups in total. The largest absolute Gasteiger partial charge is 0.573 e. The van der Waals surface area contributed by atoms with E-state index < -0.39 is 17.7 Å². The van der Waals surface area contributed by atoms with Crippen LogP contribution < -0.4 is 10.1 Å². The molecular weight excluding hydrogens is 411 g/mol. The number of aliphatic hydroxyl groups excluding tert-OH is 1. The lowest BCUT2D eigenvalue weighted by Crippen LogP contribution is -2.27. The van der Waals surface area contributed by atoms with Gasteiger partial charge in [0, 0.05) is 5.92 Å². The van der Waals surface area contributed by atoms with Crippen molar-refractivity contribution >= 4 is 22.9 Å². The highest BCUT2D eigenvalue weighted by Gasteiger charge is 2.33. The van der Waals surface area contributed by atoms with Crippen LogP contribution in [0.15, 0.2) is 48.3 Å². The van der Waals surface area contributed by atoms with E-state index in [4.69, 9.17) is 4.74 Å². The van der Waals surface area contributed by atoms with Gasteiger partial charge in [0.25, 0.3) is 5.24 Å². The van der Waals surface area contributed by atoms with E-state index in [-0.39, 0.29) is 35.9 Å². The van der Waals surface area contributed by atoms with Gasteiger partial charge in [-0.15, -0.1) is 13.2 Å². The van der Waals surface area contributed by atoms with Crippen LogP contribution >= 0.6 is 11.8 Å². The first-order valence-corrected chi connectivity index (χ1v) is 9.63. The van der Waals surface area contributed by atoms with Crippen LogP contribution in [-0.2, 0) is 16.0 Å². The second-order valence-electron chi connectivity index (χ2n) is 6.52. The molecule has 0 aromatic heterocycles. The molecule has 3 atom stereocenters. The number of alkyl halides is 3. The van der Waals surface area contributed by atoms with Gasteiger partial charge in [-0.2, -0.15) is 0 Å². The molecule has 1 saturated heterocycles. The lowest BCUT2D eigenvalue weighted by atomic mass is 9.94. The number of ether oxygens (including phenoxy) is 2. The van der Waals surface area contributed by atoms with Crippen LogP contribution in [0.25, 0.3) is 0 Å². The molecule has 29 heavy (non-hydrogen) atoms. The zero-order valence-corrected chi connectivity index (χ0v) is 15.8. The standard InChI is InChI=1S/C19H18F3NO5S/c20-19(21,22)28-14-7-3-12(4-8-14)15(24)10-27-13-5-1-11(2-6-13)9-16-17(25)23-18(26)29-16/h1-3,5-8,12,15-16,24H,4,9-10H2,(H,23,25,26)/t12?,15-,16?/m0/s1. The molecule has 6 nitrogen and oxygen atoms in total. The van der Waals surface area contributed by atoms with Crippen molar-refractivity contribution in [1.82, 2.24) is 5.32 Å². The summed E-state index contributed by atoms with van der Waals surface area (Å²) < 4.78 is 45.9. The summed E-state index contributed by atoms with van der Waals surface area (Å²) in [5.74, 6) is -0.482. The van der Waals surface area contributed by atoms with E-state index in [2.05, 4.69) is 10.1 Å². The van der Waals surface area contributed by atoms with Gasteiger partial charge in [0.15, 0.2) is 0 Å². The van der Waals surface area contributed by atoms with Crippen LogP contribution in [0, 0.1) is 5.92 Å².